The van der Waals surface area contributed by atoms with E-state index in [-0.39, 0.29) is 5.16 Å². The number of aryl methyl sites for hydroxylation is 1. The Balaban J connectivity index is 3.32. The van der Waals surface area contributed by atoms with Crippen LogP contribution in [0.4, 0.5) is 0 Å². The van der Waals surface area contributed by atoms with Gasteiger partial charge in [0.25, 0.3) is 15.2 Å². The van der Waals surface area contributed by atoms with Crippen LogP contribution < -0.4 is 5.14 Å². The molecule has 0 aliphatic heterocycles. The molecule has 0 saturated carbocycles. The second kappa shape index (κ2) is 3.43. The minimum atomic E-state index is -3.75. The zero-order valence-electron chi connectivity index (χ0n) is 7.56. The van der Waals surface area contributed by atoms with Crippen LogP contribution in [0.5, 0.6) is 0 Å². The molecule has 1 aromatic heterocycles. The summed E-state index contributed by atoms with van der Waals surface area (Å²) in [6.07, 6.45) is 0.635. The average molecular weight is 204 g/mol. The Morgan fingerprint density at radius 3 is 2.38 bits per heavy atom. The number of aromatic nitrogens is 3. The number of nitrogens with two attached hydrogens (primary N) is 1. The van der Waals surface area contributed by atoms with E-state index in [4.69, 9.17) is 5.14 Å². The van der Waals surface area contributed by atoms with Crippen molar-refractivity contribution in [2.45, 2.75) is 32.0 Å². The van der Waals surface area contributed by atoms with Crippen LogP contribution >= 0.6 is 0 Å². The van der Waals surface area contributed by atoms with E-state index >= 15 is 0 Å². The molecule has 0 fully saturated rings. The molecule has 0 aliphatic carbocycles. The van der Waals surface area contributed by atoms with E-state index in [1.54, 1.807) is 0 Å². The fraction of sp³-hybridized carbons (Fsp3) is 0.667. The van der Waals surface area contributed by atoms with Gasteiger partial charge in [0.2, 0.25) is 0 Å². The molecule has 0 aromatic carbocycles. The van der Waals surface area contributed by atoms with Crippen LogP contribution in [-0.4, -0.2) is 23.2 Å². The van der Waals surface area contributed by atoms with Crippen molar-refractivity contribution < 1.29 is 8.42 Å². The predicted molar refractivity (Wildman–Crippen MR) is 46.4 cm³/mol. The summed E-state index contributed by atoms with van der Waals surface area (Å²) in [5, 5.41) is 12.0. The third-order valence-corrected chi connectivity index (χ3v) is 2.49. The van der Waals surface area contributed by atoms with Crippen molar-refractivity contribution in [3.8, 4) is 0 Å². The lowest BCUT2D eigenvalue weighted by atomic mass is 10.4. The van der Waals surface area contributed by atoms with Gasteiger partial charge in [0.15, 0.2) is 0 Å². The van der Waals surface area contributed by atoms with Crippen LogP contribution in [0, 0.1) is 0 Å². The van der Waals surface area contributed by atoms with Gasteiger partial charge in [-0.1, -0.05) is 6.92 Å². The molecule has 2 N–H and O–H groups in total. The average Bonchev–Trinajstić information content (AvgIpc) is 2.45. The van der Waals surface area contributed by atoms with Crippen molar-refractivity contribution in [2.24, 2.45) is 5.14 Å². The molecule has 6 nitrogen and oxygen atoms in total. The van der Waals surface area contributed by atoms with Crippen molar-refractivity contribution in [3.63, 3.8) is 0 Å². The molecule has 0 radical (unpaired) electrons. The number of hydrogen-bond donors (Lipinski definition) is 1. The highest BCUT2D eigenvalue weighted by molar-refractivity contribution is 7.89. The van der Waals surface area contributed by atoms with Crippen molar-refractivity contribution in [1.82, 2.24) is 14.8 Å². The molecule has 0 atom stereocenters. The lowest BCUT2D eigenvalue weighted by Gasteiger charge is -2.03. The Morgan fingerprint density at radius 1 is 1.38 bits per heavy atom. The molecule has 13 heavy (non-hydrogen) atoms. The summed E-state index contributed by atoms with van der Waals surface area (Å²) in [5.41, 5.74) is 0. The van der Waals surface area contributed by atoms with Crippen LogP contribution in [0.1, 0.15) is 19.7 Å². The van der Waals surface area contributed by atoms with Crippen LogP contribution in [0.2, 0.25) is 0 Å². The van der Waals surface area contributed by atoms with E-state index in [0.717, 1.165) is 0 Å². The molecule has 1 heterocycles. The topological polar surface area (TPSA) is 90.9 Å². The highest BCUT2D eigenvalue weighted by Crippen LogP contribution is 2.06. The third kappa shape index (κ3) is 1.86. The fourth-order valence-corrected chi connectivity index (χ4v) is 1.80. The molecule has 0 saturated heterocycles. The van der Waals surface area contributed by atoms with Crippen LogP contribution in [0.25, 0.3) is 0 Å². The summed E-state index contributed by atoms with van der Waals surface area (Å²) < 4.78 is 23.5. The van der Waals surface area contributed by atoms with Gasteiger partial charge in [-0.05, 0) is 6.92 Å². The van der Waals surface area contributed by atoms with Crippen molar-refractivity contribution >= 4 is 10.0 Å². The molecule has 74 valence electrons. The first-order valence-corrected chi connectivity index (χ1v) is 5.50. The standard InChI is InChI=1S/C6H12N4O2S/c1-3-5-8-9-6(10(5)4-2)13(7,11)12/h3-4H2,1-2H3,(H2,7,11,12). The maximum atomic E-state index is 11.0. The monoisotopic (exact) mass is 204 g/mol. The van der Waals surface area contributed by atoms with Crippen LogP contribution in [-0.2, 0) is 23.0 Å². The van der Waals surface area contributed by atoms with E-state index in [2.05, 4.69) is 10.2 Å². The maximum absolute atomic E-state index is 11.0. The summed E-state index contributed by atoms with van der Waals surface area (Å²) in [4.78, 5) is 0. The molecule has 0 spiro atoms. The van der Waals surface area contributed by atoms with Gasteiger partial charge in [0, 0.05) is 13.0 Å². The Labute approximate surface area is 76.8 Å². The Hall–Kier alpha value is -0.950. The molecular formula is C6H12N4O2S. The third-order valence-electron chi connectivity index (χ3n) is 1.68. The van der Waals surface area contributed by atoms with E-state index in [9.17, 15) is 8.42 Å². The van der Waals surface area contributed by atoms with Gasteiger partial charge in [-0.2, -0.15) is 0 Å². The zero-order chi connectivity index (χ0) is 10.1. The van der Waals surface area contributed by atoms with Crippen molar-refractivity contribution in [3.05, 3.63) is 5.82 Å². The summed E-state index contributed by atoms with van der Waals surface area (Å²) in [6, 6.07) is 0. The predicted octanol–water partition coefficient (Wildman–Crippen LogP) is -0.492. The number of primary sulfonamides is 1. The molecular weight excluding hydrogens is 192 g/mol. The van der Waals surface area contributed by atoms with E-state index in [1.165, 1.54) is 4.57 Å². The van der Waals surface area contributed by atoms with Gasteiger partial charge in [0.05, 0.1) is 0 Å². The smallest absolute Gasteiger partial charge is 0.273 e. The first-order valence-electron chi connectivity index (χ1n) is 3.95. The normalized spacial score (nSPS) is 11.9. The Morgan fingerprint density at radius 2 is 2.00 bits per heavy atom. The number of rotatable bonds is 3. The van der Waals surface area contributed by atoms with Gasteiger partial charge in [-0.15, -0.1) is 10.2 Å². The molecule has 1 rings (SSSR count). The van der Waals surface area contributed by atoms with Gasteiger partial charge in [-0.3, -0.25) is 0 Å². The summed E-state index contributed by atoms with van der Waals surface area (Å²) >= 11 is 0. The molecule has 7 heteroatoms. The first-order chi connectivity index (χ1) is 6.00. The summed E-state index contributed by atoms with van der Waals surface area (Å²) in [7, 11) is -3.75. The van der Waals surface area contributed by atoms with Crippen LogP contribution in [0.3, 0.4) is 0 Å². The molecule has 0 aliphatic rings. The number of nitrogens with zero attached hydrogens (tertiary/aromatic N) is 3. The minimum absolute atomic E-state index is 0.160. The van der Waals surface area contributed by atoms with Gasteiger partial charge >= 0.3 is 0 Å². The second-order valence-electron chi connectivity index (χ2n) is 2.54. The maximum Gasteiger partial charge on any atom is 0.273 e. The zero-order valence-corrected chi connectivity index (χ0v) is 8.37. The highest BCUT2D eigenvalue weighted by Gasteiger charge is 2.18. The fourth-order valence-electron chi connectivity index (χ4n) is 1.11. The van der Waals surface area contributed by atoms with Crippen molar-refractivity contribution in [2.75, 3.05) is 0 Å². The van der Waals surface area contributed by atoms with Crippen LogP contribution in [0.15, 0.2) is 5.16 Å². The lowest BCUT2D eigenvalue weighted by Crippen LogP contribution is -2.18. The van der Waals surface area contributed by atoms with Gasteiger partial charge in [0.1, 0.15) is 5.82 Å². The van der Waals surface area contributed by atoms with Gasteiger partial charge in [-0.25, -0.2) is 13.6 Å². The largest absolute Gasteiger partial charge is 0.301 e. The Kier molecular flexibility index (Phi) is 2.67. The van der Waals surface area contributed by atoms with Gasteiger partial charge < -0.3 is 4.57 Å². The number of hydrogen-bond acceptors (Lipinski definition) is 4. The quantitative estimate of drug-likeness (QED) is 0.719. The molecule has 0 unspecified atom stereocenters. The lowest BCUT2D eigenvalue weighted by molar-refractivity contribution is 0.564. The minimum Gasteiger partial charge on any atom is -0.301 e. The van der Waals surface area contributed by atoms with E-state index < -0.39 is 10.0 Å². The Bertz CT molecular complexity index is 395. The van der Waals surface area contributed by atoms with E-state index in [0.29, 0.717) is 18.8 Å². The summed E-state index contributed by atoms with van der Waals surface area (Å²) in [6.45, 7) is 4.20. The molecule has 1 aromatic rings. The van der Waals surface area contributed by atoms with E-state index in [1.807, 2.05) is 13.8 Å². The first kappa shape index (κ1) is 10.1. The summed E-state index contributed by atoms with van der Waals surface area (Å²) in [5.74, 6) is 0.631. The second-order valence-corrected chi connectivity index (χ2v) is 4.00. The molecule has 0 bridgehead atoms. The highest BCUT2D eigenvalue weighted by atomic mass is 32.2. The molecule has 0 amide bonds. The van der Waals surface area contributed by atoms with Crippen molar-refractivity contribution in [1.29, 1.82) is 0 Å². The SMILES string of the molecule is CCc1nnc(S(N)(=O)=O)n1CC. The number of sulfonamides is 1.